The van der Waals surface area contributed by atoms with Gasteiger partial charge in [0.2, 0.25) is 0 Å². The van der Waals surface area contributed by atoms with Crippen LogP contribution in [0.2, 0.25) is 0 Å². The van der Waals surface area contributed by atoms with Crippen LogP contribution < -0.4 is 5.32 Å². The van der Waals surface area contributed by atoms with Crippen LogP contribution in [0.4, 0.5) is 8.78 Å². The Labute approximate surface area is 67.6 Å². The molecule has 0 heterocycles. The topological polar surface area (TPSA) is 66.4 Å². The molecule has 2 N–H and O–H groups in total. The van der Waals surface area contributed by atoms with Crippen LogP contribution in [0.15, 0.2) is 0 Å². The monoisotopic (exact) mass is 181 g/mol. The molecule has 0 aromatic carbocycles. The van der Waals surface area contributed by atoms with Gasteiger partial charge in [0.25, 0.3) is 6.43 Å². The lowest BCUT2D eigenvalue weighted by atomic mass is 10.1. The van der Waals surface area contributed by atoms with E-state index >= 15 is 0 Å². The van der Waals surface area contributed by atoms with Crippen LogP contribution in [0.25, 0.3) is 0 Å². The van der Waals surface area contributed by atoms with E-state index in [-0.39, 0.29) is 6.54 Å². The molecule has 12 heavy (non-hydrogen) atoms. The van der Waals surface area contributed by atoms with E-state index in [0.717, 1.165) is 0 Å². The van der Waals surface area contributed by atoms with E-state index in [0.29, 0.717) is 6.29 Å². The highest BCUT2D eigenvalue weighted by Crippen LogP contribution is 2.08. The van der Waals surface area contributed by atoms with E-state index in [4.69, 9.17) is 5.11 Å². The smallest absolute Gasteiger partial charge is 0.313 e. The highest BCUT2D eigenvalue weighted by Gasteiger charge is 2.27. The average Bonchev–Trinajstić information content (AvgIpc) is 1.96. The number of carboxylic acids is 1. The van der Waals surface area contributed by atoms with Gasteiger partial charge < -0.3 is 15.2 Å². The fraction of sp³-hybridized carbons (Fsp3) is 0.667. The first-order valence-corrected chi connectivity index (χ1v) is 3.25. The Kier molecular flexibility index (Phi) is 5.11. The van der Waals surface area contributed by atoms with E-state index in [2.05, 4.69) is 5.32 Å². The Balaban J connectivity index is 3.79. The third-order valence-electron chi connectivity index (χ3n) is 1.21. The van der Waals surface area contributed by atoms with Crippen molar-refractivity contribution >= 4 is 12.3 Å². The molecule has 1 atom stereocenters. The normalized spacial score (nSPS) is 12.9. The number of aldehydes is 1. The number of alkyl halides is 2. The van der Waals surface area contributed by atoms with Gasteiger partial charge in [0, 0.05) is 6.54 Å². The number of nitrogens with one attached hydrogen (secondary N) is 1. The molecule has 0 radical (unpaired) electrons. The molecule has 0 fully saturated rings. The van der Waals surface area contributed by atoms with Crippen molar-refractivity contribution < 1.29 is 23.5 Å². The fourth-order valence-corrected chi connectivity index (χ4v) is 0.582. The Morgan fingerprint density at radius 2 is 2.17 bits per heavy atom. The Hall–Kier alpha value is -1.04. The summed E-state index contributed by atoms with van der Waals surface area (Å²) in [4.78, 5) is 19.9. The number of carbonyl (C=O) groups excluding carboxylic acids is 1. The number of rotatable bonds is 6. The van der Waals surface area contributed by atoms with Crippen LogP contribution in [-0.2, 0) is 9.59 Å². The first-order valence-electron chi connectivity index (χ1n) is 3.25. The molecule has 4 nitrogen and oxygen atoms in total. The van der Waals surface area contributed by atoms with Gasteiger partial charge in [0.15, 0.2) is 0 Å². The number of carbonyl (C=O) groups is 2. The molecule has 0 aromatic rings. The molecule has 0 aliphatic heterocycles. The van der Waals surface area contributed by atoms with Crippen molar-refractivity contribution in [1.82, 2.24) is 5.32 Å². The molecule has 6 heteroatoms. The third-order valence-corrected chi connectivity index (χ3v) is 1.21. The first kappa shape index (κ1) is 11.0. The predicted octanol–water partition coefficient (Wildman–Crippen LogP) is -0.259. The van der Waals surface area contributed by atoms with Crippen molar-refractivity contribution in [1.29, 1.82) is 0 Å². The molecule has 0 saturated carbocycles. The lowest BCUT2D eigenvalue weighted by Crippen LogP contribution is -2.34. The summed E-state index contributed by atoms with van der Waals surface area (Å²) in [5, 5.41) is 10.5. The predicted molar refractivity (Wildman–Crippen MR) is 36.1 cm³/mol. The van der Waals surface area contributed by atoms with Crippen LogP contribution in [-0.4, -0.2) is 36.9 Å². The number of hydrogen-bond donors (Lipinski definition) is 2. The Bertz CT molecular complexity index is 163. The van der Waals surface area contributed by atoms with Crippen LogP contribution in [0.1, 0.15) is 0 Å². The third kappa shape index (κ3) is 3.97. The minimum Gasteiger partial charge on any atom is -0.481 e. The molecular formula is C6H9F2NO3. The molecule has 0 aromatic heterocycles. The van der Waals surface area contributed by atoms with Crippen molar-refractivity contribution in [2.45, 2.75) is 6.43 Å². The molecule has 70 valence electrons. The molecule has 0 aliphatic carbocycles. The Morgan fingerprint density at radius 3 is 2.50 bits per heavy atom. The van der Waals surface area contributed by atoms with Gasteiger partial charge in [-0.2, -0.15) is 0 Å². The molecule has 0 amide bonds. The maximum Gasteiger partial charge on any atom is 0.313 e. The maximum absolute atomic E-state index is 11.9. The fourth-order valence-electron chi connectivity index (χ4n) is 0.582. The number of carboxylic acid groups (broad SMARTS) is 1. The second-order valence-electron chi connectivity index (χ2n) is 2.10. The van der Waals surface area contributed by atoms with Crippen LogP contribution in [0.5, 0.6) is 0 Å². The highest BCUT2D eigenvalue weighted by molar-refractivity contribution is 5.70. The standard InChI is InChI=1S/C6H9F2NO3/c7-5(8)4(6(11)12)3-9-1-2-10/h2,4-5,9H,1,3H2,(H,11,12). The van der Waals surface area contributed by atoms with E-state index in [1.807, 2.05) is 0 Å². The first-order chi connectivity index (χ1) is 5.59. The van der Waals surface area contributed by atoms with Crippen molar-refractivity contribution in [3.8, 4) is 0 Å². The SMILES string of the molecule is O=CCNCC(C(=O)O)C(F)F. The molecule has 0 bridgehead atoms. The summed E-state index contributed by atoms with van der Waals surface area (Å²) in [6.07, 6.45) is -2.44. The number of aliphatic carboxylic acids is 1. The Morgan fingerprint density at radius 1 is 1.58 bits per heavy atom. The summed E-state index contributed by atoms with van der Waals surface area (Å²) < 4.78 is 23.7. The van der Waals surface area contributed by atoms with E-state index in [9.17, 15) is 18.4 Å². The lowest BCUT2D eigenvalue weighted by molar-refractivity contribution is -0.146. The summed E-state index contributed by atoms with van der Waals surface area (Å²) in [6.45, 7) is -0.512. The van der Waals surface area contributed by atoms with Crippen LogP contribution >= 0.6 is 0 Å². The largest absolute Gasteiger partial charge is 0.481 e. The zero-order valence-electron chi connectivity index (χ0n) is 6.17. The van der Waals surface area contributed by atoms with Crippen molar-refractivity contribution in [2.24, 2.45) is 5.92 Å². The van der Waals surface area contributed by atoms with Gasteiger partial charge in [-0.25, -0.2) is 8.78 Å². The number of hydrogen-bond acceptors (Lipinski definition) is 3. The maximum atomic E-state index is 11.9. The zero-order valence-corrected chi connectivity index (χ0v) is 6.17. The summed E-state index contributed by atoms with van der Waals surface area (Å²) in [6, 6.07) is 0. The van der Waals surface area contributed by atoms with E-state index in [1.54, 1.807) is 0 Å². The molecule has 0 aliphatic rings. The molecule has 1 unspecified atom stereocenters. The van der Waals surface area contributed by atoms with Crippen molar-refractivity contribution in [3.63, 3.8) is 0 Å². The summed E-state index contributed by atoms with van der Waals surface area (Å²) in [5.41, 5.74) is 0. The van der Waals surface area contributed by atoms with Crippen LogP contribution in [0.3, 0.4) is 0 Å². The van der Waals surface area contributed by atoms with Gasteiger partial charge in [-0.1, -0.05) is 0 Å². The summed E-state index contributed by atoms with van der Waals surface area (Å²) in [5.74, 6) is -3.31. The van der Waals surface area contributed by atoms with Gasteiger partial charge in [0.1, 0.15) is 12.2 Å². The van der Waals surface area contributed by atoms with Gasteiger partial charge in [0.05, 0.1) is 6.54 Å². The molecule has 0 rings (SSSR count). The minimum atomic E-state index is -2.92. The summed E-state index contributed by atoms with van der Waals surface area (Å²) in [7, 11) is 0. The molecular weight excluding hydrogens is 172 g/mol. The van der Waals surface area contributed by atoms with Gasteiger partial charge in [-0.05, 0) is 0 Å². The molecule has 0 saturated heterocycles. The minimum absolute atomic E-state index is 0.115. The summed E-state index contributed by atoms with van der Waals surface area (Å²) >= 11 is 0. The van der Waals surface area contributed by atoms with Gasteiger partial charge >= 0.3 is 5.97 Å². The van der Waals surface area contributed by atoms with Gasteiger partial charge in [-0.3, -0.25) is 4.79 Å². The van der Waals surface area contributed by atoms with E-state index in [1.165, 1.54) is 0 Å². The quantitative estimate of drug-likeness (QED) is 0.437. The van der Waals surface area contributed by atoms with Crippen LogP contribution in [0, 0.1) is 5.92 Å². The second-order valence-corrected chi connectivity index (χ2v) is 2.10. The zero-order chi connectivity index (χ0) is 9.56. The highest BCUT2D eigenvalue weighted by atomic mass is 19.3. The van der Waals surface area contributed by atoms with Gasteiger partial charge in [-0.15, -0.1) is 0 Å². The average molecular weight is 181 g/mol. The lowest BCUT2D eigenvalue weighted by Gasteiger charge is -2.10. The molecule has 0 spiro atoms. The number of halogens is 2. The van der Waals surface area contributed by atoms with Crippen molar-refractivity contribution in [2.75, 3.05) is 13.1 Å². The van der Waals surface area contributed by atoms with Crippen molar-refractivity contribution in [3.05, 3.63) is 0 Å². The van der Waals surface area contributed by atoms with E-state index < -0.39 is 24.9 Å². The second kappa shape index (κ2) is 5.59.